The van der Waals surface area contributed by atoms with E-state index in [1.54, 1.807) is 0 Å². The third-order valence-electron chi connectivity index (χ3n) is 2.66. The average Bonchev–Trinajstić information content (AvgIpc) is 2.16. The zero-order chi connectivity index (χ0) is 10.8. The van der Waals surface area contributed by atoms with E-state index in [1.807, 2.05) is 18.2 Å². The summed E-state index contributed by atoms with van der Waals surface area (Å²) in [5.74, 6) is 0.263. The Hall–Kier alpha value is -0.710. The normalized spacial score (nSPS) is 18.2. The van der Waals surface area contributed by atoms with Crippen molar-refractivity contribution in [3.63, 3.8) is 0 Å². The number of hydrogen-bond donors (Lipinski definition) is 0. The number of Topliss-reactive ketones (excluding diaryl/α,β-unsaturated/α-hetero) is 2. The third-order valence-corrected chi connectivity index (χ3v) is 3.33. The summed E-state index contributed by atoms with van der Waals surface area (Å²) in [5, 5.41) is 0. The first kappa shape index (κ1) is 10.8. The molecule has 1 aromatic rings. The zero-order valence-electron chi connectivity index (χ0n) is 8.20. The van der Waals surface area contributed by atoms with Crippen molar-refractivity contribution in [3.05, 3.63) is 33.4 Å². The van der Waals surface area contributed by atoms with Crippen molar-refractivity contribution in [2.24, 2.45) is 0 Å². The molecule has 0 radical (unpaired) electrons. The monoisotopic (exact) mass is 314 g/mol. The summed E-state index contributed by atoms with van der Waals surface area (Å²) in [5.41, 5.74) is 1.11. The lowest BCUT2D eigenvalue weighted by molar-refractivity contribution is -0.130. The summed E-state index contributed by atoms with van der Waals surface area (Å²) in [4.78, 5) is 22.6. The summed E-state index contributed by atoms with van der Waals surface area (Å²) in [6, 6.07) is 8.03. The van der Waals surface area contributed by atoms with E-state index in [0.717, 1.165) is 9.13 Å². The molecule has 2 nitrogen and oxygen atoms in total. The van der Waals surface area contributed by atoms with Gasteiger partial charge in [-0.1, -0.05) is 12.1 Å². The fraction of sp³-hybridized carbons (Fsp3) is 0.333. The molecule has 0 spiro atoms. The molecule has 1 aromatic carbocycles. The lowest BCUT2D eigenvalue weighted by Crippen LogP contribution is -2.21. The molecule has 0 aliphatic heterocycles. The highest BCUT2D eigenvalue weighted by Crippen LogP contribution is 2.29. The molecule has 1 aliphatic carbocycles. The highest BCUT2D eigenvalue weighted by Gasteiger charge is 2.26. The standard InChI is InChI=1S/C12H11IO2/c13-10-3-1-2-8(4-10)9-5-11(14)7-12(15)6-9/h1-4,9H,5-7H2. The molecule has 0 atom stereocenters. The molecule has 15 heavy (non-hydrogen) atoms. The van der Waals surface area contributed by atoms with Crippen LogP contribution in [0.25, 0.3) is 0 Å². The second kappa shape index (κ2) is 4.43. The van der Waals surface area contributed by atoms with Crippen LogP contribution in [0.2, 0.25) is 0 Å². The molecule has 2 rings (SSSR count). The Morgan fingerprint density at radius 1 is 1.13 bits per heavy atom. The first-order valence-corrected chi connectivity index (χ1v) is 6.02. The maximum absolute atomic E-state index is 11.3. The van der Waals surface area contributed by atoms with Gasteiger partial charge in [0, 0.05) is 16.4 Å². The lowest BCUT2D eigenvalue weighted by atomic mass is 9.83. The number of carbonyl (C=O) groups is 2. The maximum Gasteiger partial charge on any atom is 0.140 e. The van der Waals surface area contributed by atoms with Gasteiger partial charge in [-0.2, -0.15) is 0 Å². The predicted octanol–water partition coefficient (Wildman–Crippen LogP) is 2.70. The average molecular weight is 314 g/mol. The molecule has 0 bridgehead atoms. The molecule has 0 saturated heterocycles. The number of rotatable bonds is 1. The smallest absolute Gasteiger partial charge is 0.140 e. The van der Waals surface area contributed by atoms with E-state index in [0.29, 0.717) is 12.8 Å². The van der Waals surface area contributed by atoms with E-state index in [2.05, 4.69) is 28.7 Å². The molecule has 0 N–H and O–H groups in total. The molecule has 1 saturated carbocycles. The Labute approximate surface area is 102 Å². The fourth-order valence-corrected chi connectivity index (χ4v) is 2.55. The topological polar surface area (TPSA) is 34.1 Å². The molecule has 1 aliphatic rings. The predicted molar refractivity (Wildman–Crippen MR) is 65.8 cm³/mol. The van der Waals surface area contributed by atoms with Crippen LogP contribution in [0.5, 0.6) is 0 Å². The van der Waals surface area contributed by atoms with Gasteiger partial charge in [-0.05, 0) is 46.2 Å². The van der Waals surface area contributed by atoms with Crippen molar-refractivity contribution >= 4 is 34.2 Å². The highest BCUT2D eigenvalue weighted by atomic mass is 127. The van der Waals surface area contributed by atoms with Gasteiger partial charge in [-0.25, -0.2) is 0 Å². The van der Waals surface area contributed by atoms with E-state index in [9.17, 15) is 9.59 Å². The highest BCUT2D eigenvalue weighted by molar-refractivity contribution is 14.1. The molecule has 1 fully saturated rings. The van der Waals surface area contributed by atoms with Crippen molar-refractivity contribution in [1.29, 1.82) is 0 Å². The molecule has 0 heterocycles. The minimum atomic E-state index is 0.0788. The summed E-state index contributed by atoms with van der Waals surface area (Å²) >= 11 is 2.24. The maximum atomic E-state index is 11.3. The number of ketones is 2. The first-order chi connectivity index (χ1) is 7.15. The largest absolute Gasteiger partial charge is 0.299 e. The van der Waals surface area contributed by atoms with Gasteiger partial charge in [-0.3, -0.25) is 9.59 Å². The van der Waals surface area contributed by atoms with Crippen LogP contribution in [-0.2, 0) is 9.59 Å². The van der Waals surface area contributed by atoms with E-state index in [4.69, 9.17) is 0 Å². The van der Waals surface area contributed by atoms with Gasteiger partial charge in [0.2, 0.25) is 0 Å². The fourth-order valence-electron chi connectivity index (χ4n) is 1.98. The molecular weight excluding hydrogens is 303 g/mol. The zero-order valence-corrected chi connectivity index (χ0v) is 10.4. The van der Waals surface area contributed by atoms with Gasteiger partial charge in [0.1, 0.15) is 11.6 Å². The van der Waals surface area contributed by atoms with E-state index < -0.39 is 0 Å². The molecule has 0 aromatic heterocycles. The van der Waals surface area contributed by atoms with Crippen LogP contribution < -0.4 is 0 Å². The Morgan fingerprint density at radius 3 is 2.40 bits per heavy atom. The van der Waals surface area contributed by atoms with Crippen LogP contribution in [0.4, 0.5) is 0 Å². The Bertz CT molecular complexity index is 396. The lowest BCUT2D eigenvalue weighted by Gasteiger charge is -2.20. The van der Waals surface area contributed by atoms with Crippen molar-refractivity contribution in [1.82, 2.24) is 0 Å². The second-order valence-corrected chi connectivity index (χ2v) is 5.16. The van der Waals surface area contributed by atoms with Crippen LogP contribution in [0.15, 0.2) is 24.3 Å². The molecule has 78 valence electrons. The van der Waals surface area contributed by atoms with E-state index >= 15 is 0 Å². The number of hydrogen-bond acceptors (Lipinski definition) is 2. The van der Waals surface area contributed by atoms with E-state index in [1.165, 1.54) is 0 Å². The summed E-state index contributed by atoms with van der Waals surface area (Å²) < 4.78 is 1.15. The SMILES string of the molecule is O=C1CC(=O)CC(c2cccc(I)c2)C1. The molecule has 0 unspecified atom stereocenters. The van der Waals surface area contributed by atoms with Crippen LogP contribution in [-0.4, -0.2) is 11.6 Å². The third kappa shape index (κ3) is 2.65. The van der Waals surface area contributed by atoms with Crippen LogP contribution in [0, 0.1) is 3.57 Å². The molecule has 0 amide bonds. The summed E-state index contributed by atoms with van der Waals surface area (Å²) in [6.45, 7) is 0. The summed E-state index contributed by atoms with van der Waals surface area (Å²) in [7, 11) is 0. The van der Waals surface area contributed by atoms with Crippen LogP contribution in [0.1, 0.15) is 30.7 Å². The first-order valence-electron chi connectivity index (χ1n) is 4.94. The number of benzene rings is 1. The van der Waals surface area contributed by atoms with Crippen molar-refractivity contribution in [3.8, 4) is 0 Å². The van der Waals surface area contributed by atoms with E-state index in [-0.39, 0.29) is 23.9 Å². The Kier molecular flexibility index (Phi) is 3.19. The van der Waals surface area contributed by atoms with Gasteiger partial charge in [0.25, 0.3) is 0 Å². The second-order valence-electron chi connectivity index (χ2n) is 3.91. The van der Waals surface area contributed by atoms with Gasteiger partial charge >= 0.3 is 0 Å². The van der Waals surface area contributed by atoms with Crippen LogP contribution in [0.3, 0.4) is 0 Å². The minimum absolute atomic E-state index is 0.0788. The summed E-state index contributed by atoms with van der Waals surface area (Å²) in [6.07, 6.45) is 1.18. The van der Waals surface area contributed by atoms with Gasteiger partial charge in [-0.15, -0.1) is 0 Å². The van der Waals surface area contributed by atoms with Gasteiger partial charge < -0.3 is 0 Å². The van der Waals surface area contributed by atoms with Gasteiger partial charge in [0.05, 0.1) is 6.42 Å². The minimum Gasteiger partial charge on any atom is -0.299 e. The molecular formula is C12H11IO2. The Morgan fingerprint density at radius 2 is 1.80 bits per heavy atom. The Balaban J connectivity index is 2.23. The molecule has 3 heteroatoms. The van der Waals surface area contributed by atoms with Gasteiger partial charge in [0.15, 0.2) is 0 Å². The van der Waals surface area contributed by atoms with Crippen molar-refractivity contribution < 1.29 is 9.59 Å². The quantitative estimate of drug-likeness (QED) is 0.590. The van der Waals surface area contributed by atoms with Crippen molar-refractivity contribution in [2.75, 3.05) is 0 Å². The van der Waals surface area contributed by atoms with Crippen LogP contribution >= 0.6 is 22.6 Å². The number of halogens is 1. The number of carbonyl (C=O) groups excluding carboxylic acids is 2. The van der Waals surface area contributed by atoms with Crippen molar-refractivity contribution in [2.45, 2.75) is 25.2 Å².